The first kappa shape index (κ1) is 18.2. The lowest BCUT2D eigenvalue weighted by atomic mass is 10.2. The van der Waals surface area contributed by atoms with E-state index in [-0.39, 0.29) is 5.91 Å². The summed E-state index contributed by atoms with van der Waals surface area (Å²) in [5.74, 6) is 1.97. The summed E-state index contributed by atoms with van der Waals surface area (Å²) in [4.78, 5) is 14.3. The van der Waals surface area contributed by atoms with Gasteiger partial charge >= 0.3 is 0 Å². The second-order valence-electron chi connectivity index (χ2n) is 5.89. The molecule has 1 aromatic rings. The van der Waals surface area contributed by atoms with E-state index in [1.165, 1.54) is 12.8 Å². The van der Waals surface area contributed by atoms with Crippen LogP contribution in [0.15, 0.2) is 12.1 Å². The highest BCUT2D eigenvalue weighted by Gasteiger charge is 2.16. The fraction of sp³-hybridized carbons (Fsp3) is 0.611. The average Bonchev–Trinajstić information content (AvgIpc) is 2.90. The second-order valence-corrected chi connectivity index (χ2v) is 5.89. The van der Waals surface area contributed by atoms with Crippen LogP contribution in [0.4, 0.5) is 5.69 Å². The molecule has 0 spiro atoms. The number of nitrogens with one attached hydrogen (secondary N) is 1. The van der Waals surface area contributed by atoms with Crippen molar-refractivity contribution in [3.8, 4) is 17.2 Å². The first-order chi connectivity index (χ1) is 11.7. The SMILES string of the molecule is COc1cc(NCCC(=O)N2CCCCCC2)cc(OC)c1OC. The quantitative estimate of drug-likeness (QED) is 0.829. The molecule has 0 aliphatic carbocycles. The van der Waals surface area contributed by atoms with Crippen LogP contribution < -0.4 is 19.5 Å². The first-order valence-electron chi connectivity index (χ1n) is 8.51. The van der Waals surface area contributed by atoms with Crippen LogP contribution in [0.1, 0.15) is 32.1 Å². The number of rotatable bonds is 7. The maximum absolute atomic E-state index is 12.3. The lowest BCUT2D eigenvalue weighted by Crippen LogP contribution is -2.32. The first-order valence-corrected chi connectivity index (χ1v) is 8.51. The van der Waals surface area contributed by atoms with Crippen LogP contribution in [0.2, 0.25) is 0 Å². The predicted molar refractivity (Wildman–Crippen MR) is 94.3 cm³/mol. The van der Waals surface area contributed by atoms with E-state index in [9.17, 15) is 4.79 Å². The Hall–Kier alpha value is -2.11. The Labute approximate surface area is 144 Å². The van der Waals surface area contributed by atoms with Crippen LogP contribution in [-0.2, 0) is 4.79 Å². The molecule has 0 bridgehead atoms. The third-order valence-electron chi connectivity index (χ3n) is 4.29. The van der Waals surface area contributed by atoms with Gasteiger partial charge < -0.3 is 24.4 Å². The standard InChI is InChI=1S/C18H28N2O4/c1-22-15-12-14(13-16(23-2)18(15)24-3)19-9-8-17(21)20-10-6-4-5-7-11-20/h12-13,19H,4-11H2,1-3H3. The number of methoxy groups -OCH3 is 3. The average molecular weight is 336 g/mol. The minimum Gasteiger partial charge on any atom is -0.493 e. The number of nitrogens with zero attached hydrogens (tertiary/aromatic N) is 1. The number of carbonyl (C=O) groups excluding carboxylic acids is 1. The summed E-state index contributed by atoms with van der Waals surface area (Å²) in [7, 11) is 4.75. The lowest BCUT2D eigenvalue weighted by molar-refractivity contribution is -0.130. The summed E-state index contributed by atoms with van der Waals surface area (Å²) >= 11 is 0. The highest BCUT2D eigenvalue weighted by Crippen LogP contribution is 2.39. The van der Waals surface area contributed by atoms with Gasteiger partial charge in [-0.1, -0.05) is 12.8 Å². The highest BCUT2D eigenvalue weighted by atomic mass is 16.5. The summed E-state index contributed by atoms with van der Waals surface area (Å²) < 4.78 is 16.0. The number of carbonyl (C=O) groups is 1. The summed E-state index contributed by atoms with van der Waals surface area (Å²) in [6.45, 7) is 2.36. The molecule has 6 nitrogen and oxygen atoms in total. The van der Waals surface area contributed by atoms with Gasteiger partial charge in [-0.15, -0.1) is 0 Å². The number of amides is 1. The molecule has 0 saturated carbocycles. The maximum atomic E-state index is 12.3. The second kappa shape index (κ2) is 9.25. The minimum absolute atomic E-state index is 0.219. The number of hydrogen-bond donors (Lipinski definition) is 1. The molecule has 134 valence electrons. The van der Waals surface area contributed by atoms with Crippen molar-refractivity contribution < 1.29 is 19.0 Å². The van der Waals surface area contributed by atoms with Crippen LogP contribution >= 0.6 is 0 Å². The van der Waals surface area contributed by atoms with Gasteiger partial charge in [0.05, 0.1) is 21.3 Å². The summed E-state index contributed by atoms with van der Waals surface area (Å²) in [6.07, 6.45) is 5.18. The monoisotopic (exact) mass is 336 g/mol. The Morgan fingerprint density at radius 1 is 1.00 bits per heavy atom. The molecule has 1 fully saturated rings. The van der Waals surface area contributed by atoms with Crippen LogP contribution in [0.5, 0.6) is 17.2 Å². The largest absolute Gasteiger partial charge is 0.493 e. The van der Waals surface area contributed by atoms with Crippen molar-refractivity contribution in [3.05, 3.63) is 12.1 Å². The van der Waals surface area contributed by atoms with Crippen molar-refractivity contribution in [1.29, 1.82) is 0 Å². The summed E-state index contributed by atoms with van der Waals surface area (Å²) in [5.41, 5.74) is 0.841. The zero-order chi connectivity index (χ0) is 17.4. The molecule has 1 saturated heterocycles. The van der Waals surface area contributed by atoms with Gasteiger partial charge in [0.2, 0.25) is 11.7 Å². The van der Waals surface area contributed by atoms with E-state index in [0.29, 0.717) is 30.2 Å². The Balaban J connectivity index is 1.92. The summed E-state index contributed by atoms with van der Waals surface area (Å²) in [6, 6.07) is 3.69. The molecular weight excluding hydrogens is 308 g/mol. The molecule has 24 heavy (non-hydrogen) atoms. The Kier molecular flexibility index (Phi) is 7.03. The van der Waals surface area contributed by atoms with Crippen LogP contribution in [-0.4, -0.2) is 51.8 Å². The van der Waals surface area contributed by atoms with Gasteiger partial charge in [0.1, 0.15) is 0 Å². The number of likely N-dealkylation sites (tertiary alicyclic amines) is 1. The smallest absolute Gasteiger partial charge is 0.224 e. The zero-order valence-corrected chi connectivity index (χ0v) is 14.9. The van der Waals surface area contributed by atoms with E-state index < -0.39 is 0 Å². The number of hydrogen-bond acceptors (Lipinski definition) is 5. The van der Waals surface area contributed by atoms with Gasteiger partial charge in [-0.3, -0.25) is 4.79 Å². The van der Waals surface area contributed by atoms with E-state index in [1.54, 1.807) is 21.3 Å². The normalized spacial score (nSPS) is 14.7. The van der Waals surface area contributed by atoms with E-state index in [1.807, 2.05) is 17.0 Å². The van der Waals surface area contributed by atoms with Gasteiger partial charge in [-0.05, 0) is 12.8 Å². The molecule has 1 amide bonds. The van der Waals surface area contributed by atoms with Crippen molar-refractivity contribution in [2.24, 2.45) is 0 Å². The molecule has 1 aliphatic rings. The van der Waals surface area contributed by atoms with Gasteiger partial charge in [0.15, 0.2) is 11.5 Å². The summed E-state index contributed by atoms with van der Waals surface area (Å²) in [5, 5.41) is 3.27. The van der Waals surface area contributed by atoms with Crippen molar-refractivity contribution in [2.75, 3.05) is 46.3 Å². The Morgan fingerprint density at radius 3 is 2.08 bits per heavy atom. The lowest BCUT2D eigenvalue weighted by Gasteiger charge is -2.20. The molecule has 0 unspecified atom stereocenters. The van der Waals surface area contributed by atoms with Crippen molar-refractivity contribution in [2.45, 2.75) is 32.1 Å². The molecular formula is C18H28N2O4. The molecule has 0 radical (unpaired) electrons. The molecule has 0 aromatic heterocycles. The fourth-order valence-electron chi connectivity index (χ4n) is 2.98. The van der Waals surface area contributed by atoms with Crippen LogP contribution in [0.3, 0.4) is 0 Å². The van der Waals surface area contributed by atoms with Gasteiger partial charge in [0.25, 0.3) is 0 Å². The van der Waals surface area contributed by atoms with E-state index in [0.717, 1.165) is 31.6 Å². The minimum atomic E-state index is 0.219. The molecule has 2 rings (SSSR count). The third-order valence-corrected chi connectivity index (χ3v) is 4.29. The fourth-order valence-corrected chi connectivity index (χ4v) is 2.98. The molecule has 1 aromatic carbocycles. The molecule has 1 N–H and O–H groups in total. The van der Waals surface area contributed by atoms with E-state index in [4.69, 9.17) is 14.2 Å². The van der Waals surface area contributed by atoms with Gasteiger partial charge in [-0.2, -0.15) is 0 Å². The van der Waals surface area contributed by atoms with Crippen LogP contribution in [0, 0.1) is 0 Å². The van der Waals surface area contributed by atoms with Gasteiger partial charge in [-0.25, -0.2) is 0 Å². The van der Waals surface area contributed by atoms with Gasteiger partial charge in [0, 0.05) is 43.9 Å². The highest BCUT2D eigenvalue weighted by molar-refractivity contribution is 5.77. The van der Waals surface area contributed by atoms with Crippen LogP contribution in [0.25, 0.3) is 0 Å². The predicted octanol–water partition coefficient (Wildman–Crippen LogP) is 2.92. The van der Waals surface area contributed by atoms with Crippen molar-refractivity contribution in [1.82, 2.24) is 4.90 Å². The molecule has 1 heterocycles. The maximum Gasteiger partial charge on any atom is 0.224 e. The van der Waals surface area contributed by atoms with Crippen molar-refractivity contribution in [3.63, 3.8) is 0 Å². The topological polar surface area (TPSA) is 60.0 Å². The Morgan fingerprint density at radius 2 is 1.58 bits per heavy atom. The number of anilines is 1. The Bertz CT molecular complexity index is 515. The molecule has 1 aliphatic heterocycles. The zero-order valence-electron chi connectivity index (χ0n) is 14.9. The molecule has 6 heteroatoms. The van der Waals surface area contributed by atoms with Crippen molar-refractivity contribution >= 4 is 11.6 Å². The third kappa shape index (κ3) is 4.69. The number of benzene rings is 1. The molecule has 0 atom stereocenters. The van der Waals surface area contributed by atoms with E-state index >= 15 is 0 Å². The van der Waals surface area contributed by atoms with E-state index in [2.05, 4.69) is 5.32 Å². The number of ether oxygens (including phenoxy) is 3.